The van der Waals surface area contributed by atoms with Crippen LogP contribution in [0.1, 0.15) is 19.3 Å². The van der Waals surface area contributed by atoms with Crippen molar-refractivity contribution in [2.45, 2.75) is 31.6 Å². The topological polar surface area (TPSA) is 18.5 Å². The fourth-order valence-corrected chi connectivity index (χ4v) is 1.39. The second kappa shape index (κ2) is 7.25. The first-order chi connectivity index (χ1) is 4.85. The zero-order valence-corrected chi connectivity index (χ0v) is 9.22. The lowest BCUT2D eigenvalue weighted by Gasteiger charge is -2.11. The van der Waals surface area contributed by atoms with Crippen LogP contribution in [0.3, 0.4) is 0 Å². The van der Waals surface area contributed by atoms with E-state index in [0.29, 0.717) is 0 Å². The van der Waals surface area contributed by atoms with E-state index in [1.807, 2.05) is 0 Å². The van der Waals surface area contributed by atoms with Crippen molar-refractivity contribution in [2.75, 3.05) is 14.2 Å². The fraction of sp³-hybridized carbons (Fsp3) is 1.00. The Hall–Kier alpha value is 0.137. The Balaban J connectivity index is 3.09. The smallest absolute Gasteiger partial charge is 0.156 e. The van der Waals surface area contributed by atoms with E-state index in [0.717, 1.165) is 6.42 Å². The lowest BCUT2D eigenvalue weighted by Crippen LogP contribution is -2.12. The molecule has 0 aliphatic carbocycles. The van der Waals surface area contributed by atoms with Crippen LogP contribution in [0.2, 0.25) is 6.04 Å². The Morgan fingerprint density at radius 3 is 2.20 bits per heavy atom. The number of hydrogen-bond acceptors (Lipinski definition) is 2. The molecular formula is C7H18O2Si. The van der Waals surface area contributed by atoms with Crippen molar-refractivity contribution in [3.63, 3.8) is 0 Å². The first-order valence-corrected chi connectivity index (χ1v) is 5.32. The Bertz CT molecular complexity index is 64.6. The van der Waals surface area contributed by atoms with Gasteiger partial charge in [-0.15, -0.1) is 0 Å². The molecule has 0 N–H and O–H groups in total. The molecule has 0 spiro atoms. The number of methoxy groups -OCH3 is 2. The molecule has 10 heavy (non-hydrogen) atoms. The van der Waals surface area contributed by atoms with Crippen molar-refractivity contribution in [3.8, 4) is 0 Å². The highest BCUT2D eigenvalue weighted by Gasteiger charge is 2.02. The van der Waals surface area contributed by atoms with Crippen molar-refractivity contribution < 1.29 is 9.47 Å². The van der Waals surface area contributed by atoms with E-state index in [2.05, 4.69) is 0 Å². The molecule has 62 valence electrons. The summed E-state index contributed by atoms with van der Waals surface area (Å²) in [5, 5.41) is 0. The largest absolute Gasteiger partial charge is 0.356 e. The molecule has 0 aliphatic rings. The standard InChI is InChI=1S/C7H18O2Si/c1-8-7(9-2)5-3-4-6-10/h7H,3-6H2,1-2,10H3. The summed E-state index contributed by atoms with van der Waals surface area (Å²) in [7, 11) is 4.70. The maximum absolute atomic E-state index is 5.04. The van der Waals surface area contributed by atoms with Crippen LogP contribution < -0.4 is 0 Å². The van der Waals surface area contributed by atoms with Crippen molar-refractivity contribution in [1.82, 2.24) is 0 Å². The van der Waals surface area contributed by atoms with E-state index in [-0.39, 0.29) is 6.29 Å². The summed E-state index contributed by atoms with van der Waals surface area (Å²) in [6, 6.07) is 1.39. The maximum Gasteiger partial charge on any atom is 0.156 e. The highest BCUT2D eigenvalue weighted by Crippen LogP contribution is 2.05. The molecule has 0 unspecified atom stereocenters. The molecule has 0 saturated heterocycles. The molecule has 0 saturated carbocycles. The minimum absolute atomic E-state index is 0.0215. The lowest BCUT2D eigenvalue weighted by molar-refractivity contribution is -0.107. The summed E-state index contributed by atoms with van der Waals surface area (Å²) in [6.45, 7) is 0. The molecule has 2 nitrogen and oxygen atoms in total. The van der Waals surface area contributed by atoms with Gasteiger partial charge in [-0.2, -0.15) is 0 Å². The third-order valence-corrected chi connectivity index (χ3v) is 2.28. The van der Waals surface area contributed by atoms with Gasteiger partial charge in [0.05, 0.1) is 0 Å². The lowest BCUT2D eigenvalue weighted by atomic mass is 10.2. The molecule has 0 aromatic heterocycles. The first-order valence-electron chi connectivity index (χ1n) is 3.90. The monoisotopic (exact) mass is 162 g/mol. The summed E-state index contributed by atoms with van der Waals surface area (Å²) in [5.41, 5.74) is 0. The number of hydrogen-bond donors (Lipinski definition) is 0. The third kappa shape index (κ3) is 4.96. The van der Waals surface area contributed by atoms with Crippen LogP contribution in [0.5, 0.6) is 0 Å². The van der Waals surface area contributed by atoms with Crippen molar-refractivity contribution in [3.05, 3.63) is 0 Å². The molecule has 0 bridgehead atoms. The molecule has 0 radical (unpaired) electrons. The van der Waals surface area contributed by atoms with E-state index in [9.17, 15) is 0 Å². The molecule has 0 amide bonds. The van der Waals surface area contributed by atoms with Gasteiger partial charge in [-0.1, -0.05) is 12.5 Å². The van der Waals surface area contributed by atoms with Gasteiger partial charge in [0.1, 0.15) is 0 Å². The Morgan fingerprint density at radius 1 is 1.20 bits per heavy atom. The quantitative estimate of drug-likeness (QED) is 0.323. The molecule has 0 aromatic carbocycles. The van der Waals surface area contributed by atoms with E-state index < -0.39 is 0 Å². The van der Waals surface area contributed by atoms with Crippen LogP contribution in [-0.4, -0.2) is 30.8 Å². The predicted octanol–water partition coefficient (Wildman–Crippen LogP) is 0.559. The fourth-order valence-electron chi connectivity index (χ4n) is 0.893. The summed E-state index contributed by atoms with van der Waals surface area (Å²) >= 11 is 0. The molecule has 0 aromatic rings. The van der Waals surface area contributed by atoms with Gasteiger partial charge < -0.3 is 9.47 Å². The zero-order valence-electron chi connectivity index (χ0n) is 7.22. The molecule has 0 heterocycles. The summed E-state index contributed by atoms with van der Waals surface area (Å²) in [6.07, 6.45) is 3.62. The van der Waals surface area contributed by atoms with Gasteiger partial charge in [-0.25, -0.2) is 0 Å². The molecular weight excluding hydrogens is 144 g/mol. The van der Waals surface area contributed by atoms with E-state index >= 15 is 0 Å². The van der Waals surface area contributed by atoms with E-state index in [1.165, 1.54) is 29.1 Å². The van der Waals surface area contributed by atoms with Crippen LogP contribution in [0.25, 0.3) is 0 Å². The molecule has 0 aliphatic heterocycles. The summed E-state index contributed by atoms with van der Waals surface area (Å²) in [4.78, 5) is 0. The average molecular weight is 162 g/mol. The van der Waals surface area contributed by atoms with Gasteiger partial charge in [0.2, 0.25) is 0 Å². The van der Waals surface area contributed by atoms with E-state index in [4.69, 9.17) is 9.47 Å². The van der Waals surface area contributed by atoms with Crippen LogP contribution >= 0.6 is 0 Å². The van der Waals surface area contributed by atoms with Gasteiger partial charge in [0.25, 0.3) is 0 Å². The third-order valence-electron chi connectivity index (χ3n) is 1.57. The molecule has 0 rings (SSSR count). The number of ether oxygens (including phenoxy) is 2. The summed E-state index contributed by atoms with van der Waals surface area (Å²) in [5.74, 6) is 0. The van der Waals surface area contributed by atoms with Crippen LogP contribution in [0, 0.1) is 0 Å². The number of rotatable bonds is 6. The minimum atomic E-state index is 0.0215. The predicted molar refractivity (Wildman–Crippen MR) is 46.4 cm³/mol. The minimum Gasteiger partial charge on any atom is -0.356 e. The highest BCUT2D eigenvalue weighted by atomic mass is 28.1. The molecule has 3 heteroatoms. The Labute approximate surface area is 66.3 Å². The van der Waals surface area contributed by atoms with Gasteiger partial charge in [0, 0.05) is 24.5 Å². The normalized spacial score (nSPS) is 11.1. The van der Waals surface area contributed by atoms with Crippen molar-refractivity contribution in [2.24, 2.45) is 0 Å². The molecule has 0 atom stereocenters. The van der Waals surface area contributed by atoms with Crippen molar-refractivity contribution >= 4 is 10.2 Å². The van der Waals surface area contributed by atoms with Crippen LogP contribution in [0.4, 0.5) is 0 Å². The number of unbranched alkanes of at least 4 members (excludes halogenated alkanes) is 1. The van der Waals surface area contributed by atoms with Gasteiger partial charge in [0.15, 0.2) is 6.29 Å². The Kier molecular flexibility index (Phi) is 7.35. The van der Waals surface area contributed by atoms with E-state index in [1.54, 1.807) is 14.2 Å². The Morgan fingerprint density at radius 2 is 1.80 bits per heavy atom. The van der Waals surface area contributed by atoms with Gasteiger partial charge in [-0.3, -0.25) is 0 Å². The van der Waals surface area contributed by atoms with Crippen LogP contribution in [0.15, 0.2) is 0 Å². The molecule has 0 fully saturated rings. The average Bonchev–Trinajstić information content (AvgIpc) is 1.99. The maximum atomic E-state index is 5.04. The van der Waals surface area contributed by atoms with Gasteiger partial charge >= 0.3 is 0 Å². The second-order valence-corrected chi connectivity index (χ2v) is 3.40. The van der Waals surface area contributed by atoms with Crippen molar-refractivity contribution in [1.29, 1.82) is 0 Å². The summed E-state index contributed by atoms with van der Waals surface area (Å²) < 4.78 is 10.1. The first kappa shape index (κ1) is 10.1. The highest BCUT2D eigenvalue weighted by molar-refractivity contribution is 6.08. The van der Waals surface area contributed by atoms with Gasteiger partial charge in [-0.05, 0) is 12.8 Å². The zero-order chi connectivity index (χ0) is 7.82. The second-order valence-electron chi connectivity index (χ2n) is 2.40. The SMILES string of the molecule is COC(CCCC[SiH3])OC. The van der Waals surface area contributed by atoms with Crippen LogP contribution in [-0.2, 0) is 9.47 Å².